The van der Waals surface area contributed by atoms with E-state index in [2.05, 4.69) is 27.9 Å². The number of hydrogen-bond acceptors (Lipinski definition) is 5. The van der Waals surface area contributed by atoms with Gasteiger partial charge in [0.25, 0.3) is 11.8 Å². The van der Waals surface area contributed by atoms with Gasteiger partial charge in [-0.1, -0.05) is 35.9 Å². The van der Waals surface area contributed by atoms with Gasteiger partial charge in [0.05, 0.1) is 15.9 Å². The number of carbonyl (C=O) groups is 3. The summed E-state index contributed by atoms with van der Waals surface area (Å²) < 4.78 is 12.7. The molecule has 0 spiro atoms. The van der Waals surface area contributed by atoms with Gasteiger partial charge in [0.2, 0.25) is 0 Å². The van der Waals surface area contributed by atoms with Crippen LogP contribution < -0.4 is 19.7 Å². The maximum atomic E-state index is 13.3. The van der Waals surface area contributed by atoms with Gasteiger partial charge in [-0.2, -0.15) is 0 Å². The molecule has 4 amide bonds. The second kappa shape index (κ2) is 11.2. The lowest BCUT2D eigenvalue weighted by molar-refractivity contribution is -0.122. The minimum atomic E-state index is -0.778. The topological polar surface area (TPSA) is 84.9 Å². The first-order valence-corrected chi connectivity index (χ1v) is 12.9. The molecule has 0 aliphatic carbocycles. The molecule has 7 nitrogen and oxygen atoms in total. The number of benzene rings is 3. The van der Waals surface area contributed by atoms with Crippen LogP contribution in [0.5, 0.6) is 11.5 Å². The molecule has 0 atom stereocenters. The Labute approximate surface area is 229 Å². The molecule has 0 saturated carbocycles. The van der Waals surface area contributed by atoms with Gasteiger partial charge in [0, 0.05) is 0 Å². The summed E-state index contributed by atoms with van der Waals surface area (Å²) in [6, 6.07) is 16.1. The fraction of sp³-hybridized carbons (Fsp3) is 0.207. The van der Waals surface area contributed by atoms with Crippen LogP contribution in [0, 0.1) is 24.3 Å². The summed E-state index contributed by atoms with van der Waals surface area (Å²) in [5, 5.41) is 2.27. The van der Waals surface area contributed by atoms with Crippen LogP contribution in [0.2, 0.25) is 0 Å². The van der Waals surface area contributed by atoms with Crippen molar-refractivity contribution in [2.75, 3.05) is 11.5 Å². The highest BCUT2D eigenvalue weighted by Crippen LogP contribution is 2.36. The van der Waals surface area contributed by atoms with E-state index in [4.69, 9.17) is 9.47 Å². The number of barbiturate groups is 1. The number of imide groups is 2. The number of ether oxygens (including phenoxy) is 2. The largest absolute Gasteiger partial charge is 0.490 e. The number of nitrogens with zero attached hydrogens (tertiary/aromatic N) is 1. The molecule has 1 aliphatic rings. The first kappa shape index (κ1) is 26.4. The Bertz CT molecular complexity index is 1410. The van der Waals surface area contributed by atoms with Gasteiger partial charge in [-0.25, -0.2) is 9.69 Å². The van der Waals surface area contributed by atoms with Crippen LogP contribution in [0.1, 0.15) is 34.7 Å². The van der Waals surface area contributed by atoms with E-state index >= 15 is 0 Å². The molecule has 3 aromatic carbocycles. The lowest BCUT2D eigenvalue weighted by Gasteiger charge is -2.27. The summed E-state index contributed by atoms with van der Waals surface area (Å²) in [6.45, 7) is 8.51. The molecule has 1 fully saturated rings. The molecular formula is C29H27IN2O5. The van der Waals surface area contributed by atoms with E-state index in [0.29, 0.717) is 36.0 Å². The van der Waals surface area contributed by atoms with Crippen molar-refractivity contribution in [3.8, 4) is 11.5 Å². The number of urea groups is 1. The minimum absolute atomic E-state index is 0.149. The summed E-state index contributed by atoms with van der Waals surface area (Å²) in [4.78, 5) is 39.5. The third-order valence-corrected chi connectivity index (χ3v) is 6.80. The normalized spacial score (nSPS) is 14.7. The van der Waals surface area contributed by atoms with E-state index in [9.17, 15) is 14.4 Å². The lowest BCUT2D eigenvalue weighted by atomic mass is 10.0. The van der Waals surface area contributed by atoms with E-state index in [-0.39, 0.29) is 5.57 Å². The monoisotopic (exact) mass is 610 g/mol. The molecule has 1 heterocycles. The molecule has 8 heteroatoms. The highest BCUT2D eigenvalue weighted by Gasteiger charge is 2.37. The fourth-order valence-corrected chi connectivity index (χ4v) is 4.62. The maximum absolute atomic E-state index is 13.3. The summed E-state index contributed by atoms with van der Waals surface area (Å²) >= 11 is 2.14. The van der Waals surface area contributed by atoms with Crippen molar-refractivity contribution in [2.24, 2.45) is 0 Å². The smallest absolute Gasteiger partial charge is 0.335 e. The van der Waals surface area contributed by atoms with Crippen molar-refractivity contribution in [1.29, 1.82) is 0 Å². The number of anilines is 1. The van der Waals surface area contributed by atoms with Gasteiger partial charge in [-0.15, -0.1) is 0 Å². The Balaban J connectivity index is 1.66. The number of aryl methyl sites for hydroxylation is 3. The zero-order chi connectivity index (χ0) is 26.7. The second-order valence-electron chi connectivity index (χ2n) is 8.76. The molecular weight excluding hydrogens is 583 g/mol. The minimum Gasteiger partial charge on any atom is -0.490 e. The van der Waals surface area contributed by atoms with E-state index in [1.165, 1.54) is 11.6 Å². The third kappa shape index (κ3) is 5.85. The zero-order valence-corrected chi connectivity index (χ0v) is 23.2. The molecule has 0 unspecified atom stereocenters. The van der Waals surface area contributed by atoms with Gasteiger partial charge < -0.3 is 9.47 Å². The number of halogens is 1. The summed E-state index contributed by atoms with van der Waals surface area (Å²) in [6.07, 6.45) is 1.46. The maximum Gasteiger partial charge on any atom is 0.335 e. The SMILES string of the molecule is CCOc1cc(/C=C2\C(=O)NC(=O)N(c3ccc(C)c(C)c3)C2=O)cc(I)c1OCc1ccc(C)cc1. The van der Waals surface area contributed by atoms with Gasteiger partial charge in [0.15, 0.2) is 11.5 Å². The van der Waals surface area contributed by atoms with Crippen LogP contribution in [-0.2, 0) is 16.2 Å². The summed E-state index contributed by atoms with van der Waals surface area (Å²) in [7, 11) is 0. The molecule has 1 aliphatic heterocycles. The van der Waals surface area contributed by atoms with Crippen molar-refractivity contribution >= 4 is 52.2 Å². The first-order valence-electron chi connectivity index (χ1n) is 11.8. The number of amides is 4. The van der Waals surface area contributed by atoms with Crippen molar-refractivity contribution in [3.63, 3.8) is 0 Å². The fourth-order valence-electron chi connectivity index (χ4n) is 3.84. The zero-order valence-electron chi connectivity index (χ0n) is 21.1. The van der Waals surface area contributed by atoms with Crippen molar-refractivity contribution < 1.29 is 23.9 Å². The molecule has 4 rings (SSSR count). The molecule has 1 N–H and O–H groups in total. The van der Waals surface area contributed by atoms with Gasteiger partial charge in [0.1, 0.15) is 12.2 Å². The van der Waals surface area contributed by atoms with Crippen LogP contribution >= 0.6 is 22.6 Å². The van der Waals surface area contributed by atoms with Gasteiger partial charge in [-0.05, 0) is 103 Å². The second-order valence-corrected chi connectivity index (χ2v) is 9.93. The van der Waals surface area contributed by atoms with Crippen LogP contribution in [-0.4, -0.2) is 24.5 Å². The third-order valence-electron chi connectivity index (χ3n) is 6.00. The number of nitrogens with one attached hydrogen (secondary N) is 1. The number of rotatable bonds is 7. The molecule has 37 heavy (non-hydrogen) atoms. The average molecular weight is 610 g/mol. The van der Waals surface area contributed by atoms with Crippen LogP contribution in [0.15, 0.2) is 60.2 Å². The average Bonchev–Trinajstić information content (AvgIpc) is 2.84. The number of hydrogen-bond donors (Lipinski definition) is 1. The van der Waals surface area contributed by atoms with E-state index in [1.54, 1.807) is 24.3 Å². The lowest BCUT2D eigenvalue weighted by Crippen LogP contribution is -2.54. The number of carbonyl (C=O) groups excluding carboxylic acids is 3. The highest BCUT2D eigenvalue weighted by atomic mass is 127. The molecule has 0 radical (unpaired) electrons. The van der Waals surface area contributed by atoms with Crippen LogP contribution in [0.4, 0.5) is 10.5 Å². The molecule has 0 bridgehead atoms. The quantitative estimate of drug-likeness (QED) is 0.206. The standard InChI is InChI=1S/C29H27IN2O5/c1-5-36-25-15-21(14-24(30)26(25)37-16-20-9-6-17(2)7-10-20)13-23-27(33)31-29(35)32(28(23)34)22-11-8-18(3)19(4)12-22/h6-15H,5,16H2,1-4H3,(H,31,33,35)/b23-13+. The summed E-state index contributed by atoms with van der Waals surface area (Å²) in [5.74, 6) is -0.358. The first-order chi connectivity index (χ1) is 17.7. The predicted molar refractivity (Wildman–Crippen MR) is 151 cm³/mol. The Kier molecular flexibility index (Phi) is 7.97. The Hall–Kier alpha value is -3.66. The Morgan fingerprint density at radius 2 is 1.65 bits per heavy atom. The van der Waals surface area contributed by atoms with Gasteiger partial charge >= 0.3 is 6.03 Å². The van der Waals surface area contributed by atoms with Crippen molar-refractivity contribution in [1.82, 2.24) is 5.32 Å². The molecule has 190 valence electrons. The van der Waals surface area contributed by atoms with Crippen molar-refractivity contribution in [3.05, 3.63) is 91.6 Å². The Morgan fingerprint density at radius 1 is 0.919 bits per heavy atom. The van der Waals surface area contributed by atoms with E-state index in [0.717, 1.165) is 25.2 Å². The van der Waals surface area contributed by atoms with E-state index in [1.807, 2.05) is 58.0 Å². The molecule has 3 aromatic rings. The Morgan fingerprint density at radius 3 is 2.32 bits per heavy atom. The summed E-state index contributed by atoms with van der Waals surface area (Å²) in [5.41, 5.74) is 4.97. The van der Waals surface area contributed by atoms with Crippen LogP contribution in [0.25, 0.3) is 6.08 Å². The van der Waals surface area contributed by atoms with Gasteiger partial charge in [-0.3, -0.25) is 14.9 Å². The van der Waals surface area contributed by atoms with Crippen LogP contribution in [0.3, 0.4) is 0 Å². The highest BCUT2D eigenvalue weighted by molar-refractivity contribution is 14.1. The van der Waals surface area contributed by atoms with E-state index < -0.39 is 17.8 Å². The predicted octanol–water partition coefficient (Wildman–Crippen LogP) is 5.86. The molecule has 0 aromatic heterocycles. The molecule has 1 saturated heterocycles. The van der Waals surface area contributed by atoms with Crippen molar-refractivity contribution in [2.45, 2.75) is 34.3 Å².